The predicted molar refractivity (Wildman–Crippen MR) is 57.5 cm³/mol. The molecule has 0 radical (unpaired) electrons. The molecule has 1 aliphatic heterocycles. The highest BCUT2D eigenvalue weighted by Crippen LogP contribution is 2.33. The average molecular weight is 241 g/mol. The highest BCUT2D eigenvalue weighted by atomic mass is 35.5. The first-order chi connectivity index (χ1) is 6.28. The Kier molecular flexibility index (Phi) is 3.49. The maximum absolute atomic E-state index is 11.3. The third-order valence-corrected chi connectivity index (χ3v) is 5.55. The summed E-state index contributed by atoms with van der Waals surface area (Å²) >= 11 is 6.22. The molecule has 2 atom stereocenters. The number of halogens is 1. The lowest BCUT2D eigenvalue weighted by molar-refractivity contribution is 0.00856. The zero-order chi connectivity index (χ0) is 11.0. The van der Waals surface area contributed by atoms with Crippen molar-refractivity contribution in [2.24, 2.45) is 5.92 Å². The molecule has 1 heterocycles. The van der Waals surface area contributed by atoms with E-state index < -0.39 is 15.4 Å². The van der Waals surface area contributed by atoms with Gasteiger partial charge in [0.1, 0.15) is 0 Å². The number of sulfone groups is 1. The third-order valence-electron chi connectivity index (χ3n) is 2.87. The van der Waals surface area contributed by atoms with Crippen molar-refractivity contribution in [1.82, 2.24) is 0 Å². The molecule has 0 spiro atoms. The average Bonchev–Trinajstić information content (AvgIpc) is 2.44. The van der Waals surface area contributed by atoms with Crippen molar-refractivity contribution in [1.29, 1.82) is 0 Å². The van der Waals surface area contributed by atoms with E-state index in [1.165, 1.54) is 0 Å². The van der Waals surface area contributed by atoms with E-state index in [0.717, 1.165) is 0 Å². The van der Waals surface area contributed by atoms with Gasteiger partial charge in [-0.05, 0) is 26.2 Å². The second-order valence-corrected chi connectivity index (χ2v) is 7.07. The van der Waals surface area contributed by atoms with Crippen LogP contribution in [0.25, 0.3) is 0 Å². The van der Waals surface area contributed by atoms with Crippen LogP contribution in [0.1, 0.15) is 20.3 Å². The van der Waals surface area contributed by atoms with Crippen LogP contribution in [-0.2, 0) is 14.6 Å². The van der Waals surface area contributed by atoms with Gasteiger partial charge in [-0.15, -0.1) is 11.6 Å². The highest BCUT2D eigenvalue weighted by molar-refractivity contribution is 7.91. The van der Waals surface area contributed by atoms with Gasteiger partial charge in [-0.2, -0.15) is 0 Å². The summed E-state index contributed by atoms with van der Waals surface area (Å²) in [7, 11) is -1.25. The molecule has 1 rings (SSSR count). The van der Waals surface area contributed by atoms with E-state index in [2.05, 4.69) is 0 Å². The maximum atomic E-state index is 11.3. The number of ether oxygens (including phenoxy) is 1. The number of methoxy groups -OCH3 is 1. The van der Waals surface area contributed by atoms with Gasteiger partial charge in [0.2, 0.25) is 0 Å². The minimum absolute atomic E-state index is 0.0246. The summed E-state index contributed by atoms with van der Waals surface area (Å²) in [6.45, 7) is 3.77. The van der Waals surface area contributed by atoms with Crippen molar-refractivity contribution in [2.75, 3.05) is 18.6 Å². The molecule has 0 aromatic rings. The van der Waals surface area contributed by atoms with Crippen LogP contribution < -0.4 is 0 Å². The Hall–Kier alpha value is 0.200. The van der Waals surface area contributed by atoms with Gasteiger partial charge in [0.25, 0.3) is 0 Å². The molecule has 0 saturated carbocycles. The van der Waals surface area contributed by atoms with Crippen LogP contribution in [-0.4, -0.2) is 38.0 Å². The van der Waals surface area contributed by atoms with Crippen molar-refractivity contribution in [3.63, 3.8) is 0 Å². The molecule has 2 unspecified atom stereocenters. The van der Waals surface area contributed by atoms with Crippen LogP contribution in [0, 0.1) is 5.92 Å². The molecule has 0 aromatic heterocycles. The fraction of sp³-hybridized carbons (Fsp3) is 1.00. The largest absolute Gasteiger partial charge is 0.377 e. The molecule has 0 aromatic carbocycles. The van der Waals surface area contributed by atoms with Crippen LogP contribution in [0.2, 0.25) is 0 Å². The van der Waals surface area contributed by atoms with Gasteiger partial charge < -0.3 is 4.74 Å². The Morgan fingerprint density at radius 1 is 1.50 bits per heavy atom. The van der Waals surface area contributed by atoms with Gasteiger partial charge in [-0.1, -0.05) is 0 Å². The summed E-state index contributed by atoms with van der Waals surface area (Å²) in [5.74, 6) is 0.492. The summed E-state index contributed by atoms with van der Waals surface area (Å²) in [6, 6.07) is 0. The molecule has 84 valence electrons. The zero-order valence-corrected chi connectivity index (χ0v) is 10.4. The Balaban J connectivity index is 2.69. The predicted octanol–water partition coefficient (Wildman–Crippen LogP) is 1.45. The SMILES string of the molecule is COC(C)(C)C(Cl)C1CCS(=O)(=O)C1. The van der Waals surface area contributed by atoms with Crippen LogP contribution in [0.15, 0.2) is 0 Å². The topological polar surface area (TPSA) is 43.4 Å². The normalized spacial score (nSPS) is 29.0. The summed E-state index contributed by atoms with van der Waals surface area (Å²) in [4.78, 5) is 0. The van der Waals surface area contributed by atoms with Crippen LogP contribution in [0.5, 0.6) is 0 Å². The van der Waals surface area contributed by atoms with E-state index in [1.54, 1.807) is 7.11 Å². The van der Waals surface area contributed by atoms with E-state index in [-0.39, 0.29) is 22.8 Å². The summed E-state index contributed by atoms with van der Waals surface area (Å²) in [5, 5.41) is -0.246. The van der Waals surface area contributed by atoms with Gasteiger partial charge in [0.05, 0.1) is 22.5 Å². The Bertz CT molecular complexity index is 297. The molecular formula is C9H17ClO3S. The number of hydrogen-bond donors (Lipinski definition) is 0. The lowest BCUT2D eigenvalue weighted by atomic mass is 9.92. The fourth-order valence-corrected chi connectivity index (χ4v) is 3.98. The van der Waals surface area contributed by atoms with Crippen LogP contribution >= 0.6 is 11.6 Å². The smallest absolute Gasteiger partial charge is 0.150 e. The maximum Gasteiger partial charge on any atom is 0.150 e. The van der Waals surface area contributed by atoms with Gasteiger partial charge in [-0.3, -0.25) is 0 Å². The van der Waals surface area contributed by atoms with E-state index in [0.29, 0.717) is 6.42 Å². The molecule has 14 heavy (non-hydrogen) atoms. The van der Waals surface area contributed by atoms with E-state index >= 15 is 0 Å². The highest BCUT2D eigenvalue weighted by Gasteiger charge is 2.40. The zero-order valence-electron chi connectivity index (χ0n) is 8.79. The van der Waals surface area contributed by atoms with Gasteiger partial charge in [-0.25, -0.2) is 8.42 Å². The lowest BCUT2D eigenvalue weighted by Gasteiger charge is -2.31. The Morgan fingerprint density at radius 3 is 2.43 bits per heavy atom. The summed E-state index contributed by atoms with van der Waals surface area (Å²) in [6.07, 6.45) is 0.656. The molecular weight excluding hydrogens is 224 g/mol. The quantitative estimate of drug-likeness (QED) is 0.702. The van der Waals surface area contributed by atoms with Gasteiger partial charge in [0, 0.05) is 7.11 Å². The summed E-state index contributed by atoms with van der Waals surface area (Å²) in [5.41, 5.74) is -0.466. The summed E-state index contributed by atoms with van der Waals surface area (Å²) < 4.78 is 27.8. The molecule has 1 fully saturated rings. The molecule has 1 saturated heterocycles. The molecule has 1 aliphatic rings. The molecule has 0 N–H and O–H groups in total. The monoisotopic (exact) mass is 240 g/mol. The van der Waals surface area contributed by atoms with E-state index in [1.807, 2.05) is 13.8 Å². The van der Waals surface area contributed by atoms with Crippen molar-refractivity contribution < 1.29 is 13.2 Å². The van der Waals surface area contributed by atoms with Crippen molar-refractivity contribution in [3.8, 4) is 0 Å². The van der Waals surface area contributed by atoms with Crippen LogP contribution in [0.4, 0.5) is 0 Å². The van der Waals surface area contributed by atoms with Crippen molar-refractivity contribution in [2.45, 2.75) is 31.2 Å². The second kappa shape index (κ2) is 3.99. The second-order valence-electron chi connectivity index (χ2n) is 4.37. The van der Waals surface area contributed by atoms with Crippen molar-refractivity contribution >= 4 is 21.4 Å². The first-order valence-electron chi connectivity index (χ1n) is 4.68. The van der Waals surface area contributed by atoms with Gasteiger partial charge >= 0.3 is 0 Å². The fourth-order valence-electron chi connectivity index (χ4n) is 1.73. The van der Waals surface area contributed by atoms with Gasteiger partial charge in [0.15, 0.2) is 9.84 Å². The minimum atomic E-state index is -2.85. The molecule has 0 aliphatic carbocycles. The lowest BCUT2D eigenvalue weighted by Crippen LogP contribution is -2.39. The molecule has 0 amide bonds. The molecule has 5 heteroatoms. The number of hydrogen-bond acceptors (Lipinski definition) is 3. The Morgan fingerprint density at radius 2 is 2.07 bits per heavy atom. The number of alkyl halides is 1. The third kappa shape index (κ3) is 2.61. The number of rotatable bonds is 3. The van der Waals surface area contributed by atoms with E-state index in [9.17, 15) is 8.42 Å². The standard InChI is InChI=1S/C9H17ClO3S/c1-9(2,13-3)8(10)7-4-5-14(11,12)6-7/h7-8H,4-6H2,1-3H3. The first-order valence-corrected chi connectivity index (χ1v) is 6.94. The first kappa shape index (κ1) is 12.3. The Labute approximate surface area is 90.7 Å². The molecule has 0 bridgehead atoms. The molecule has 3 nitrogen and oxygen atoms in total. The van der Waals surface area contributed by atoms with E-state index in [4.69, 9.17) is 16.3 Å². The van der Waals surface area contributed by atoms with Crippen LogP contribution in [0.3, 0.4) is 0 Å². The van der Waals surface area contributed by atoms with Crippen molar-refractivity contribution in [3.05, 3.63) is 0 Å². The minimum Gasteiger partial charge on any atom is -0.377 e.